The second-order valence-corrected chi connectivity index (χ2v) is 6.40. The molecule has 8 heteroatoms. The van der Waals surface area contributed by atoms with E-state index in [2.05, 4.69) is 4.98 Å². The summed E-state index contributed by atoms with van der Waals surface area (Å²) in [6.45, 7) is 3.07. The summed E-state index contributed by atoms with van der Waals surface area (Å²) in [6.07, 6.45) is 0. The summed E-state index contributed by atoms with van der Waals surface area (Å²) in [4.78, 5) is 39.6. The van der Waals surface area contributed by atoms with E-state index in [9.17, 15) is 19.7 Å². The Morgan fingerprint density at radius 2 is 1.83 bits per heavy atom. The number of para-hydroxylation sites is 1. The van der Waals surface area contributed by atoms with Crippen LogP contribution in [0.4, 0.5) is 5.69 Å². The lowest BCUT2D eigenvalue weighted by Gasteiger charge is -2.13. The summed E-state index contributed by atoms with van der Waals surface area (Å²) >= 11 is 0. The van der Waals surface area contributed by atoms with Gasteiger partial charge < -0.3 is 9.47 Å². The molecule has 3 aromatic rings. The quantitative estimate of drug-likeness (QED) is 0.367. The second kappa shape index (κ2) is 8.05. The van der Waals surface area contributed by atoms with Gasteiger partial charge in [-0.2, -0.15) is 0 Å². The van der Waals surface area contributed by atoms with Crippen LogP contribution in [-0.4, -0.2) is 29.0 Å². The molecule has 0 bridgehead atoms. The number of nitro benzene ring substituents is 1. The smallest absolute Gasteiger partial charge is 0.340 e. The first-order valence-corrected chi connectivity index (χ1v) is 8.72. The molecule has 2 aromatic carbocycles. The summed E-state index contributed by atoms with van der Waals surface area (Å²) in [5, 5.41) is 11.7. The number of hydrogen-bond donors (Lipinski definition) is 0. The molecule has 1 aromatic heterocycles. The van der Waals surface area contributed by atoms with Crippen molar-refractivity contribution in [2.24, 2.45) is 0 Å². The summed E-state index contributed by atoms with van der Waals surface area (Å²) in [6, 6.07) is 11.3. The van der Waals surface area contributed by atoms with Crippen LogP contribution in [0.25, 0.3) is 10.9 Å². The zero-order valence-corrected chi connectivity index (χ0v) is 16.1. The number of nitro groups is 1. The lowest BCUT2D eigenvalue weighted by atomic mass is 10.0. The van der Waals surface area contributed by atoms with Crippen LogP contribution in [0.2, 0.25) is 0 Å². The van der Waals surface area contributed by atoms with Crippen LogP contribution in [0.3, 0.4) is 0 Å². The number of benzene rings is 2. The molecule has 0 fully saturated rings. The molecular formula is C21H18N2O6. The molecule has 0 atom stereocenters. The summed E-state index contributed by atoms with van der Waals surface area (Å²) < 4.78 is 10.2. The fourth-order valence-corrected chi connectivity index (χ4v) is 3.12. The maximum Gasteiger partial charge on any atom is 0.340 e. The topological polar surface area (TPSA) is 109 Å². The van der Waals surface area contributed by atoms with Crippen molar-refractivity contribution in [3.63, 3.8) is 0 Å². The summed E-state index contributed by atoms with van der Waals surface area (Å²) in [5.41, 5.74) is 2.31. The molecule has 0 unspecified atom stereocenters. The minimum atomic E-state index is -0.675. The van der Waals surface area contributed by atoms with E-state index in [-0.39, 0.29) is 29.1 Å². The van der Waals surface area contributed by atoms with E-state index < -0.39 is 16.9 Å². The number of carbonyl (C=O) groups excluding carboxylic acids is 2. The number of ether oxygens (including phenoxy) is 2. The molecule has 8 nitrogen and oxygen atoms in total. The predicted octanol–water partition coefficient (Wildman–Crippen LogP) is 3.90. The fraction of sp³-hybridized carbons (Fsp3) is 0.190. The van der Waals surface area contributed by atoms with Crippen LogP contribution in [0.15, 0.2) is 42.5 Å². The van der Waals surface area contributed by atoms with Crippen molar-refractivity contribution in [2.45, 2.75) is 20.5 Å². The van der Waals surface area contributed by atoms with Gasteiger partial charge in [0.15, 0.2) is 0 Å². The van der Waals surface area contributed by atoms with E-state index in [1.165, 1.54) is 25.3 Å². The number of fused-ring (bicyclic) bond motifs is 1. The molecule has 0 N–H and O–H groups in total. The lowest BCUT2D eigenvalue weighted by molar-refractivity contribution is -0.385. The van der Waals surface area contributed by atoms with Gasteiger partial charge in [-0.25, -0.2) is 14.6 Å². The van der Waals surface area contributed by atoms with E-state index in [1.54, 1.807) is 19.9 Å². The van der Waals surface area contributed by atoms with Crippen molar-refractivity contribution in [3.8, 4) is 0 Å². The minimum absolute atomic E-state index is 0.0821. The molecule has 0 amide bonds. The van der Waals surface area contributed by atoms with Crippen molar-refractivity contribution in [1.82, 2.24) is 4.98 Å². The number of esters is 2. The van der Waals surface area contributed by atoms with Crippen molar-refractivity contribution < 1.29 is 24.0 Å². The molecule has 0 spiro atoms. The standard InChI is InChI=1S/C21H18N2O6/c1-12-10-14(8-9-18(12)23(26)27)20(24)29-11-17-19(21(25)28-3)13(2)15-6-4-5-7-16(15)22-17/h4-10H,11H2,1-3H3. The maximum atomic E-state index is 12.4. The number of nitrogens with zero attached hydrogens (tertiary/aromatic N) is 2. The zero-order valence-electron chi connectivity index (χ0n) is 16.1. The zero-order chi connectivity index (χ0) is 21.1. The van der Waals surface area contributed by atoms with Gasteiger partial charge in [0.1, 0.15) is 6.61 Å². The van der Waals surface area contributed by atoms with Crippen LogP contribution in [0.1, 0.15) is 37.5 Å². The van der Waals surface area contributed by atoms with Crippen molar-refractivity contribution >= 4 is 28.5 Å². The van der Waals surface area contributed by atoms with Gasteiger partial charge in [0, 0.05) is 17.0 Å². The van der Waals surface area contributed by atoms with Gasteiger partial charge >= 0.3 is 11.9 Å². The minimum Gasteiger partial charge on any atom is -0.465 e. The van der Waals surface area contributed by atoms with E-state index in [0.29, 0.717) is 16.6 Å². The Bertz CT molecular complexity index is 1140. The van der Waals surface area contributed by atoms with Crippen LogP contribution >= 0.6 is 0 Å². The van der Waals surface area contributed by atoms with Gasteiger partial charge in [-0.1, -0.05) is 18.2 Å². The Morgan fingerprint density at radius 3 is 2.48 bits per heavy atom. The van der Waals surface area contributed by atoms with Crippen molar-refractivity contribution in [1.29, 1.82) is 0 Å². The number of carbonyl (C=O) groups is 2. The third kappa shape index (κ3) is 3.91. The van der Waals surface area contributed by atoms with Gasteiger partial charge in [-0.15, -0.1) is 0 Å². The maximum absolute atomic E-state index is 12.4. The highest BCUT2D eigenvalue weighted by atomic mass is 16.6. The third-order valence-corrected chi connectivity index (χ3v) is 4.59. The summed E-state index contributed by atoms with van der Waals surface area (Å²) in [5.74, 6) is -1.25. The first-order chi connectivity index (χ1) is 13.8. The number of pyridine rings is 1. The van der Waals surface area contributed by atoms with Gasteiger partial charge in [-0.3, -0.25) is 10.1 Å². The van der Waals surface area contributed by atoms with Crippen molar-refractivity contribution in [3.05, 3.63) is 80.5 Å². The first kappa shape index (κ1) is 19.9. The van der Waals surface area contributed by atoms with Gasteiger partial charge in [0.2, 0.25) is 0 Å². The Balaban J connectivity index is 1.92. The molecule has 0 aliphatic carbocycles. The monoisotopic (exact) mass is 394 g/mol. The molecule has 0 aliphatic heterocycles. The highest BCUT2D eigenvalue weighted by molar-refractivity contribution is 5.98. The Kier molecular flexibility index (Phi) is 5.54. The molecule has 0 aliphatic rings. The fourth-order valence-electron chi connectivity index (χ4n) is 3.12. The second-order valence-electron chi connectivity index (χ2n) is 6.40. The summed E-state index contributed by atoms with van der Waals surface area (Å²) in [7, 11) is 1.27. The number of methoxy groups -OCH3 is 1. The van der Waals surface area contributed by atoms with Crippen LogP contribution < -0.4 is 0 Å². The highest BCUT2D eigenvalue weighted by Crippen LogP contribution is 2.25. The van der Waals surface area contributed by atoms with E-state index in [1.807, 2.05) is 18.2 Å². The Hall–Kier alpha value is -3.81. The molecule has 148 valence electrons. The average Bonchev–Trinajstić information content (AvgIpc) is 2.71. The van der Waals surface area contributed by atoms with E-state index >= 15 is 0 Å². The van der Waals surface area contributed by atoms with Gasteiger partial charge in [0.25, 0.3) is 5.69 Å². The normalized spacial score (nSPS) is 10.6. The number of aryl methyl sites for hydroxylation is 2. The largest absolute Gasteiger partial charge is 0.465 e. The molecule has 1 heterocycles. The molecule has 0 saturated carbocycles. The highest BCUT2D eigenvalue weighted by Gasteiger charge is 2.21. The first-order valence-electron chi connectivity index (χ1n) is 8.72. The van der Waals surface area contributed by atoms with Crippen LogP contribution in [-0.2, 0) is 16.1 Å². The molecule has 0 radical (unpaired) electrons. The molecule has 0 saturated heterocycles. The Labute approximate surface area is 166 Å². The Morgan fingerprint density at radius 1 is 1.10 bits per heavy atom. The van der Waals surface area contributed by atoms with E-state index in [0.717, 1.165) is 5.39 Å². The number of rotatable bonds is 5. The van der Waals surface area contributed by atoms with Crippen LogP contribution in [0.5, 0.6) is 0 Å². The van der Waals surface area contributed by atoms with Crippen LogP contribution in [0, 0.1) is 24.0 Å². The van der Waals surface area contributed by atoms with E-state index in [4.69, 9.17) is 9.47 Å². The number of aromatic nitrogens is 1. The van der Waals surface area contributed by atoms with Gasteiger partial charge in [0.05, 0.1) is 34.4 Å². The van der Waals surface area contributed by atoms with Crippen molar-refractivity contribution in [2.75, 3.05) is 7.11 Å². The van der Waals surface area contributed by atoms with Gasteiger partial charge in [-0.05, 0) is 37.6 Å². The third-order valence-electron chi connectivity index (χ3n) is 4.59. The number of hydrogen-bond acceptors (Lipinski definition) is 7. The molecule has 3 rings (SSSR count). The lowest BCUT2D eigenvalue weighted by Crippen LogP contribution is -2.14. The average molecular weight is 394 g/mol. The molecular weight excluding hydrogens is 376 g/mol. The SMILES string of the molecule is COC(=O)c1c(COC(=O)c2ccc([N+](=O)[O-])c(C)c2)nc2ccccc2c1C. The predicted molar refractivity (Wildman–Crippen MR) is 105 cm³/mol. The molecule has 29 heavy (non-hydrogen) atoms.